The molecule has 46 heavy (non-hydrogen) atoms. The van der Waals surface area contributed by atoms with E-state index in [-0.39, 0.29) is 23.6 Å². The molecular formula is C34H41F6NO5. The van der Waals surface area contributed by atoms with Gasteiger partial charge >= 0.3 is 24.4 Å². The van der Waals surface area contributed by atoms with E-state index in [1.54, 1.807) is 21.0 Å². The number of ether oxygens (including phenoxy) is 2. The van der Waals surface area contributed by atoms with Gasteiger partial charge in [0.1, 0.15) is 11.9 Å². The largest absolute Gasteiger partial charge is 0.496 e. The number of nitrogens with zero attached hydrogens (tertiary/aromatic N) is 1. The molecule has 0 aromatic heterocycles. The minimum absolute atomic E-state index is 0.0280. The molecule has 1 N–H and O–H groups in total. The maximum absolute atomic E-state index is 13.4. The number of rotatable bonds is 13. The van der Waals surface area contributed by atoms with Gasteiger partial charge in [-0.05, 0) is 99.2 Å². The summed E-state index contributed by atoms with van der Waals surface area (Å²) in [5.41, 5.74) is -2.02. The van der Waals surface area contributed by atoms with Crippen molar-refractivity contribution in [2.45, 2.75) is 91.2 Å². The van der Waals surface area contributed by atoms with Crippen LogP contribution >= 0.6 is 0 Å². The number of alkyl halides is 6. The third kappa shape index (κ3) is 9.19. The van der Waals surface area contributed by atoms with Crippen LogP contribution < -0.4 is 4.74 Å². The van der Waals surface area contributed by atoms with Crippen LogP contribution in [0.4, 0.5) is 31.1 Å². The summed E-state index contributed by atoms with van der Waals surface area (Å²) in [7, 11) is 1.57. The summed E-state index contributed by atoms with van der Waals surface area (Å²) in [6.45, 7) is 13.1. The Morgan fingerprint density at radius 3 is 2.11 bits per heavy atom. The molecule has 1 saturated heterocycles. The lowest BCUT2D eigenvalue weighted by molar-refractivity contribution is -0.147. The number of aliphatic carboxylic acids is 1. The highest BCUT2D eigenvalue weighted by molar-refractivity contribution is 5.74. The minimum atomic E-state index is -5.02. The average molecular weight is 658 g/mol. The summed E-state index contributed by atoms with van der Waals surface area (Å²) < 4.78 is 91.2. The molecular weight excluding hydrogens is 616 g/mol. The standard InChI is InChI=1S/C34H41F6NO5/c1-20(17-31(3,4)12-8-9-23-13-22(10-11-27(23)45-7)18-32(5,6)29(42)43)19-41-21(2)28(46-30(41)44)24-14-25(33(35,36)37)16-26(15-24)34(38,39)40/h10-11,13-16,21,28H,1,8-9,12,17-19H2,2-7H3,(H,42,43)/t21-,28-/m0/s1. The lowest BCUT2D eigenvalue weighted by Crippen LogP contribution is -2.34. The monoisotopic (exact) mass is 657 g/mol. The SMILES string of the molecule is C=C(CN1C(=O)O[C@H](c2cc(C(F)(F)F)cc(C(F)(F)F)c2)[C@@H]1C)CC(C)(C)CCCc1cc(CC(C)(C)C(=O)O)ccc1OC. The number of benzene rings is 2. The number of halogens is 6. The van der Waals surface area contributed by atoms with Crippen molar-refractivity contribution >= 4 is 12.1 Å². The molecule has 1 aliphatic heterocycles. The van der Waals surface area contributed by atoms with E-state index in [2.05, 4.69) is 6.58 Å². The molecule has 6 nitrogen and oxygen atoms in total. The van der Waals surface area contributed by atoms with Gasteiger partial charge in [0, 0.05) is 6.54 Å². The van der Waals surface area contributed by atoms with Crippen LogP contribution in [-0.4, -0.2) is 41.8 Å². The van der Waals surface area contributed by atoms with Crippen LogP contribution in [-0.2, 0) is 34.7 Å². The van der Waals surface area contributed by atoms with E-state index in [1.165, 1.54) is 11.8 Å². The summed E-state index contributed by atoms with van der Waals surface area (Å²) in [5.74, 6) is -0.177. The number of hydrogen-bond acceptors (Lipinski definition) is 4. The molecule has 0 saturated carbocycles. The van der Waals surface area contributed by atoms with E-state index in [0.29, 0.717) is 42.7 Å². The molecule has 0 spiro atoms. The molecule has 12 heteroatoms. The normalized spacial score (nSPS) is 17.7. The fourth-order valence-corrected chi connectivity index (χ4v) is 5.85. The summed E-state index contributed by atoms with van der Waals surface area (Å²) in [5, 5.41) is 9.50. The van der Waals surface area contributed by atoms with Crippen LogP contribution in [0.15, 0.2) is 48.6 Å². The highest BCUT2D eigenvalue weighted by Gasteiger charge is 2.43. The Labute approximate surface area is 265 Å². The number of carbonyl (C=O) groups excluding carboxylic acids is 1. The molecule has 0 unspecified atom stereocenters. The van der Waals surface area contributed by atoms with Crippen LogP contribution in [0.25, 0.3) is 0 Å². The lowest BCUT2D eigenvalue weighted by Gasteiger charge is -2.29. The Kier molecular flexibility index (Phi) is 10.8. The van der Waals surface area contributed by atoms with Crippen LogP contribution in [0.3, 0.4) is 0 Å². The van der Waals surface area contributed by atoms with E-state index in [9.17, 15) is 41.0 Å². The summed E-state index contributed by atoms with van der Waals surface area (Å²) in [4.78, 5) is 25.6. The predicted molar refractivity (Wildman–Crippen MR) is 160 cm³/mol. The van der Waals surface area contributed by atoms with Gasteiger partial charge in [0.25, 0.3) is 0 Å². The first-order chi connectivity index (χ1) is 21.0. The van der Waals surface area contributed by atoms with Crippen LogP contribution in [0, 0.1) is 10.8 Å². The van der Waals surface area contributed by atoms with Gasteiger partial charge in [-0.3, -0.25) is 9.69 Å². The van der Waals surface area contributed by atoms with Gasteiger partial charge in [0.15, 0.2) is 0 Å². The molecule has 1 heterocycles. The van der Waals surface area contributed by atoms with Gasteiger partial charge in [-0.25, -0.2) is 4.79 Å². The van der Waals surface area contributed by atoms with Gasteiger partial charge < -0.3 is 14.6 Å². The lowest BCUT2D eigenvalue weighted by atomic mass is 9.80. The number of carboxylic acid groups (broad SMARTS) is 1. The van der Waals surface area contributed by atoms with Crippen molar-refractivity contribution in [1.29, 1.82) is 0 Å². The topological polar surface area (TPSA) is 76.1 Å². The fraction of sp³-hybridized carbons (Fsp3) is 0.529. The molecule has 2 atom stereocenters. The number of amides is 1. The second kappa shape index (κ2) is 13.6. The van der Waals surface area contributed by atoms with E-state index in [0.717, 1.165) is 24.0 Å². The number of aryl methyl sites for hydroxylation is 1. The third-order valence-electron chi connectivity index (χ3n) is 8.32. The van der Waals surface area contributed by atoms with Gasteiger partial charge in [-0.15, -0.1) is 0 Å². The highest BCUT2D eigenvalue weighted by atomic mass is 19.4. The Hall–Kier alpha value is -3.70. The van der Waals surface area contributed by atoms with Gasteiger partial charge in [-0.2, -0.15) is 26.3 Å². The highest BCUT2D eigenvalue weighted by Crippen LogP contribution is 2.41. The Morgan fingerprint density at radius 1 is 1.00 bits per heavy atom. The second-order valence-corrected chi connectivity index (χ2v) is 13.5. The Bertz CT molecular complexity index is 1410. The van der Waals surface area contributed by atoms with E-state index >= 15 is 0 Å². The zero-order chi connectivity index (χ0) is 34.8. The molecule has 254 valence electrons. The molecule has 0 radical (unpaired) electrons. The maximum Gasteiger partial charge on any atom is 0.416 e. The Morgan fingerprint density at radius 2 is 1.59 bits per heavy atom. The third-order valence-corrected chi connectivity index (χ3v) is 8.32. The number of carboxylic acids is 1. The van der Waals surface area contributed by atoms with Gasteiger partial charge in [-0.1, -0.05) is 38.1 Å². The zero-order valence-electron chi connectivity index (χ0n) is 26.9. The molecule has 2 aromatic carbocycles. The van der Waals surface area contributed by atoms with Crippen molar-refractivity contribution in [3.8, 4) is 5.75 Å². The van der Waals surface area contributed by atoms with E-state index in [1.807, 2.05) is 32.0 Å². The average Bonchev–Trinajstić information content (AvgIpc) is 3.19. The van der Waals surface area contributed by atoms with E-state index in [4.69, 9.17) is 9.47 Å². The molecule has 0 aliphatic carbocycles. The Balaban J connectivity index is 1.65. The second-order valence-electron chi connectivity index (χ2n) is 13.5. The number of hydrogen-bond donors (Lipinski definition) is 1. The van der Waals surface area contributed by atoms with E-state index < -0.39 is 53.1 Å². The van der Waals surface area contributed by atoms with Crippen molar-refractivity contribution in [3.63, 3.8) is 0 Å². The first kappa shape index (κ1) is 36.8. The van der Waals surface area contributed by atoms with Gasteiger partial charge in [0.05, 0.1) is 29.7 Å². The molecule has 1 amide bonds. The molecule has 0 bridgehead atoms. The van der Waals surface area contributed by atoms with Gasteiger partial charge in [0.2, 0.25) is 0 Å². The van der Waals surface area contributed by atoms with Crippen molar-refractivity contribution in [1.82, 2.24) is 4.90 Å². The molecule has 1 aliphatic rings. The number of methoxy groups -OCH3 is 1. The quantitative estimate of drug-likeness (QED) is 0.172. The van der Waals surface area contributed by atoms with Crippen molar-refractivity contribution < 1.29 is 50.5 Å². The minimum Gasteiger partial charge on any atom is -0.496 e. The first-order valence-electron chi connectivity index (χ1n) is 14.9. The van der Waals surface area contributed by atoms with Crippen molar-refractivity contribution in [3.05, 3.63) is 76.4 Å². The van der Waals surface area contributed by atoms with Crippen LogP contribution in [0.5, 0.6) is 5.75 Å². The molecule has 3 rings (SSSR count). The van der Waals surface area contributed by atoms with Crippen LogP contribution in [0.1, 0.15) is 87.8 Å². The maximum atomic E-state index is 13.4. The van der Waals surface area contributed by atoms with Crippen molar-refractivity contribution in [2.75, 3.05) is 13.7 Å². The number of carbonyl (C=O) groups is 2. The summed E-state index contributed by atoms with van der Waals surface area (Å²) >= 11 is 0. The fourth-order valence-electron chi connectivity index (χ4n) is 5.85. The first-order valence-corrected chi connectivity index (χ1v) is 14.9. The number of cyclic esters (lactones) is 1. The molecule has 1 fully saturated rings. The smallest absolute Gasteiger partial charge is 0.416 e. The summed E-state index contributed by atoms with van der Waals surface area (Å²) in [6, 6.07) is 6.03. The van der Waals surface area contributed by atoms with Crippen LogP contribution in [0.2, 0.25) is 0 Å². The van der Waals surface area contributed by atoms with Crippen molar-refractivity contribution in [2.24, 2.45) is 10.8 Å². The zero-order valence-corrected chi connectivity index (χ0v) is 26.9. The predicted octanol–water partition coefficient (Wildman–Crippen LogP) is 9.26. The summed E-state index contributed by atoms with van der Waals surface area (Å²) in [6.07, 6.45) is -9.16. The molecule has 2 aromatic rings.